The van der Waals surface area contributed by atoms with Gasteiger partial charge in [-0.3, -0.25) is 9.59 Å². The highest BCUT2D eigenvalue weighted by atomic mass is 32.1. The molecule has 3 aromatic carbocycles. The van der Waals surface area contributed by atoms with E-state index in [0.717, 1.165) is 54.6 Å². The number of hydrogen-bond acceptors (Lipinski definition) is 6. The normalized spacial score (nSPS) is 11.3. The van der Waals surface area contributed by atoms with E-state index in [2.05, 4.69) is 50.6 Å². The Kier molecular flexibility index (Phi) is 18.6. The molecule has 3 aromatic rings. The van der Waals surface area contributed by atoms with Crippen molar-refractivity contribution in [2.24, 2.45) is 5.73 Å². The molecule has 8 heteroatoms. The van der Waals surface area contributed by atoms with Crippen molar-refractivity contribution in [2.45, 2.75) is 72.6 Å². The number of nitrogens with two attached hydrogens (primary N) is 1. The average Bonchev–Trinajstić information content (AvgIpc) is 3.10. The van der Waals surface area contributed by atoms with Crippen LogP contribution in [-0.2, 0) is 4.79 Å². The third-order valence-electron chi connectivity index (χ3n) is 7.87. The maximum absolute atomic E-state index is 13.1. The Morgan fingerprint density at radius 3 is 2.25 bits per heavy atom. The molecule has 0 saturated carbocycles. The van der Waals surface area contributed by atoms with E-state index in [1.807, 2.05) is 72.5 Å². The third kappa shape index (κ3) is 13.1. The molecule has 0 fully saturated rings. The molecular weight excluding hydrogens is 617 g/mol. The SMILES string of the molecule is C=C(NC(/C=C\S)=C(/C)CCCCC)c1ccc(NC(=O)c2ccccc2-c2ccccc2)c(O)c1.CCCCC(=O)N(CC)CCN. The Morgan fingerprint density at radius 1 is 0.938 bits per heavy atom. The van der Waals surface area contributed by atoms with Crippen molar-refractivity contribution in [3.63, 3.8) is 0 Å². The first-order chi connectivity index (χ1) is 23.2. The molecule has 7 nitrogen and oxygen atoms in total. The molecule has 0 unspecified atom stereocenters. The number of phenols is 1. The number of thiol groups is 1. The largest absolute Gasteiger partial charge is 0.506 e. The Hall–Kier alpha value is -4.27. The molecule has 2 amide bonds. The summed E-state index contributed by atoms with van der Waals surface area (Å²) in [6.07, 6.45) is 9.12. The van der Waals surface area contributed by atoms with Gasteiger partial charge >= 0.3 is 0 Å². The van der Waals surface area contributed by atoms with Gasteiger partial charge in [-0.2, -0.15) is 12.6 Å². The summed E-state index contributed by atoms with van der Waals surface area (Å²) < 4.78 is 0. The summed E-state index contributed by atoms with van der Waals surface area (Å²) in [5.41, 5.74) is 11.6. The van der Waals surface area contributed by atoms with Gasteiger partial charge in [0, 0.05) is 48.6 Å². The van der Waals surface area contributed by atoms with Crippen LogP contribution in [0.5, 0.6) is 5.75 Å². The number of amides is 2. The van der Waals surface area contributed by atoms with Crippen LogP contribution in [0.1, 0.15) is 88.6 Å². The molecule has 5 N–H and O–H groups in total. The van der Waals surface area contributed by atoms with Crippen LogP contribution < -0.4 is 16.4 Å². The van der Waals surface area contributed by atoms with E-state index in [-0.39, 0.29) is 17.6 Å². The second kappa shape index (κ2) is 22.3. The highest BCUT2D eigenvalue weighted by Crippen LogP contribution is 2.29. The maximum Gasteiger partial charge on any atom is 0.256 e. The van der Waals surface area contributed by atoms with Gasteiger partial charge in [-0.05, 0) is 79.5 Å². The lowest BCUT2D eigenvalue weighted by molar-refractivity contribution is -0.131. The molecule has 0 radical (unpaired) electrons. The first-order valence-corrected chi connectivity index (χ1v) is 17.5. The van der Waals surface area contributed by atoms with Gasteiger partial charge in [-0.25, -0.2) is 0 Å². The molecule has 0 saturated heterocycles. The fourth-order valence-corrected chi connectivity index (χ4v) is 5.19. The molecule has 0 aliphatic carbocycles. The van der Waals surface area contributed by atoms with E-state index in [0.29, 0.717) is 36.5 Å². The van der Waals surface area contributed by atoms with Crippen LogP contribution in [0, 0.1) is 0 Å². The van der Waals surface area contributed by atoms with Crippen LogP contribution in [0.2, 0.25) is 0 Å². The van der Waals surface area contributed by atoms with Crippen LogP contribution in [0.3, 0.4) is 0 Å². The van der Waals surface area contributed by atoms with E-state index in [1.165, 1.54) is 18.4 Å². The van der Waals surface area contributed by atoms with Crippen molar-refractivity contribution in [3.8, 4) is 16.9 Å². The van der Waals surface area contributed by atoms with Crippen LogP contribution in [0.25, 0.3) is 16.8 Å². The minimum atomic E-state index is -0.290. The number of nitrogens with zero attached hydrogens (tertiary/aromatic N) is 1. The van der Waals surface area contributed by atoms with Gasteiger partial charge in [0.05, 0.1) is 5.69 Å². The number of nitrogens with one attached hydrogen (secondary N) is 2. The maximum atomic E-state index is 13.1. The van der Waals surface area contributed by atoms with Crippen molar-refractivity contribution in [3.05, 3.63) is 113 Å². The summed E-state index contributed by atoms with van der Waals surface area (Å²) in [7, 11) is 0. The van der Waals surface area contributed by atoms with Gasteiger partial charge in [-0.15, -0.1) is 0 Å². The van der Waals surface area contributed by atoms with Crippen molar-refractivity contribution >= 4 is 35.8 Å². The highest BCUT2D eigenvalue weighted by Gasteiger charge is 2.15. The molecule has 0 aliphatic heterocycles. The van der Waals surface area contributed by atoms with Crippen LogP contribution in [-0.4, -0.2) is 41.5 Å². The van der Waals surface area contributed by atoms with Crippen molar-refractivity contribution in [1.29, 1.82) is 0 Å². The molecule has 0 spiro atoms. The number of carbonyl (C=O) groups excluding carboxylic acids is 2. The van der Waals surface area contributed by atoms with E-state index in [4.69, 9.17) is 5.73 Å². The quantitative estimate of drug-likeness (QED) is 0.0426. The number of benzene rings is 3. The fourth-order valence-electron chi connectivity index (χ4n) is 5.04. The van der Waals surface area contributed by atoms with E-state index in [1.54, 1.807) is 23.6 Å². The molecule has 3 rings (SSSR count). The predicted octanol–water partition coefficient (Wildman–Crippen LogP) is 9.15. The Balaban J connectivity index is 0.000000567. The van der Waals surface area contributed by atoms with Gasteiger partial charge in [0.15, 0.2) is 0 Å². The highest BCUT2D eigenvalue weighted by molar-refractivity contribution is 7.83. The van der Waals surface area contributed by atoms with Gasteiger partial charge < -0.3 is 26.4 Å². The molecule has 0 heterocycles. The summed E-state index contributed by atoms with van der Waals surface area (Å²) in [6, 6.07) is 22.3. The third-order valence-corrected chi connectivity index (χ3v) is 8.02. The molecule has 0 bridgehead atoms. The number of rotatable bonds is 17. The standard InChI is InChI=1S/C31H34N2O2S.C9H20N2O/c1-4-5-7-12-22(2)28(19-20-36)32-23(3)25-17-18-29(30(34)21-25)33-31(35)27-16-11-10-15-26(27)24-13-8-6-9-14-24;1-3-5-6-9(12)11(4-2)8-7-10/h6,8-11,13-21,32,34,36H,3-5,7,12H2,1-2H3,(H,33,35);3-8,10H2,1-2H3/b20-19-,28-22-;. The summed E-state index contributed by atoms with van der Waals surface area (Å²) in [5, 5.41) is 18.6. The zero-order valence-electron chi connectivity index (χ0n) is 29.1. The predicted molar refractivity (Wildman–Crippen MR) is 206 cm³/mol. The minimum absolute atomic E-state index is 0.0315. The number of carbonyl (C=O) groups is 2. The summed E-state index contributed by atoms with van der Waals surface area (Å²) >= 11 is 4.23. The smallest absolute Gasteiger partial charge is 0.256 e. The number of aromatic hydroxyl groups is 1. The number of anilines is 1. The van der Waals surface area contributed by atoms with Gasteiger partial charge in [0.1, 0.15) is 5.75 Å². The zero-order valence-corrected chi connectivity index (χ0v) is 30.0. The van der Waals surface area contributed by atoms with Crippen LogP contribution in [0.4, 0.5) is 5.69 Å². The Bertz CT molecular complexity index is 1520. The summed E-state index contributed by atoms with van der Waals surface area (Å²) in [4.78, 5) is 26.3. The molecule has 48 heavy (non-hydrogen) atoms. The second-order valence-corrected chi connectivity index (χ2v) is 11.8. The molecule has 258 valence electrons. The first-order valence-electron chi connectivity index (χ1n) is 16.9. The molecule has 0 atom stereocenters. The summed E-state index contributed by atoms with van der Waals surface area (Å²) in [5.74, 6) is -0.0815. The number of unbranched alkanes of at least 4 members (excludes halogenated alkanes) is 3. The van der Waals surface area contributed by atoms with Gasteiger partial charge in [-0.1, -0.05) is 94.3 Å². The van der Waals surface area contributed by atoms with Gasteiger partial charge in [0.25, 0.3) is 5.91 Å². The van der Waals surface area contributed by atoms with E-state index in [9.17, 15) is 14.7 Å². The Morgan fingerprint density at radius 2 is 1.62 bits per heavy atom. The van der Waals surface area contributed by atoms with Crippen molar-refractivity contribution in [2.75, 3.05) is 25.0 Å². The first kappa shape index (κ1) is 39.9. The lowest BCUT2D eigenvalue weighted by atomic mass is 9.99. The lowest BCUT2D eigenvalue weighted by Crippen LogP contribution is -2.34. The number of likely N-dealkylation sites (N-methyl/N-ethyl adjacent to an activating group) is 1. The topological polar surface area (TPSA) is 108 Å². The Labute approximate surface area is 293 Å². The van der Waals surface area contributed by atoms with E-state index < -0.39 is 0 Å². The van der Waals surface area contributed by atoms with Crippen LogP contribution in [0.15, 0.2) is 102 Å². The second-order valence-electron chi connectivity index (χ2n) is 11.5. The monoisotopic (exact) mass is 670 g/mol. The molecule has 0 aliphatic rings. The number of allylic oxidation sites excluding steroid dienone is 2. The molecule has 0 aromatic heterocycles. The van der Waals surface area contributed by atoms with Crippen molar-refractivity contribution < 1.29 is 14.7 Å². The van der Waals surface area contributed by atoms with Crippen molar-refractivity contribution in [1.82, 2.24) is 10.2 Å². The minimum Gasteiger partial charge on any atom is -0.506 e. The lowest BCUT2D eigenvalue weighted by Gasteiger charge is -2.19. The van der Waals surface area contributed by atoms with Crippen LogP contribution >= 0.6 is 12.6 Å². The zero-order chi connectivity index (χ0) is 35.3. The van der Waals surface area contributed by atoms with E-state index >= 15 is 0 Å². The van der Waals surface area contributed by atoms with Gasteiger partial charge in [0.2, 0.25) is 5.91 Å². The number of phenolic OH excluding ortho intramolecular Hbond substituents is 1. The number of hydrogen-bond donors (Lipinski definition) is 5. The summed E-state index contributed by atoms with van der Waals surface area (Å²) in [6.45, 7) is 14.5. The molecular formula is C40H54N4O3S. The average molecular weight is 671 g/mol. The fraction of sp³-hybridized carbons (Fsp3) is 0.350.